The molecule has 0 saturated carbocycles. The minimum absolute atomic E-state index is 1.11. The Hall–Kier alpha value is -8.80. The second-order valence-electron chi connectivity index (χ2n) is 19.2. The van der Waals surface area contributed by atoms with Crippen molar-refractivity contribution in [3.05, 3.63) is 267 Å². The van der Waals surface area contributed by atoms with Crippen LogP contribution in [0.25, 0.3) is 87.6 Å². The quantitative estimate of drug-likeness (QED) is 0.153. The fourth-order valence-electron chi connectivity index (χ4n) is 11.6. The number of fused-ring (bicyclic) bond motifs is 8. The van der Waals surface area contributed by atoms with Crippen LogP contribution in [0.2, 0.25) is 0 Å². The van der Waals surface area contributed by atoms with Gasteiger partial charge in [-0.15, -0.1) is 0 Å². The van der Waals surface area contributed by atoms with E-state index in [0.29, 0.717) is 0 Å². The predicted octanol–water partition coefficient (Wildman–Crippen LogP) is 20.8. The maximum absolute atomic E-state index is 2.49. The molecule has 0 unspecified atom stereocenters. The molecule has 2 aliphatic heterocycles. The monoisotopic (exact) mass is 976 g/mol. The van der Waals surface area contributed by atoms with Gasteiger partial charge in [0.2, 0.25) is 0 Å². The average Bonchev–Trinajstić information content (AvgIpc) is 3.48. The first-order valence-electron chi connectivity index (χ1n) is 25.2. The molecule has 4 heteroatoms. The van der Waals surface area contributed by atoms with Crippen LogP contribution in [0.3, 0.4) is 0 Å². The first-order valence-corrected chi connectivity index (χ1v) is 26.9. The standard InChI is InChI=1S/C70H44N2S2/c1-3-19-45(20-4-1)55-39-47-23-7-9-25-49(47)41-57(55)69-53-37-35-52(72-63-29-13-17-33-67(63)74-68-34-18-14-30-64(68)72)44-60(53)70(58-42-50-26-10-8-24-48(50)40-56(58)46-21-5-2-6-22-46)54-38-36-51(43-59(54)69)71-61-27-11-15-31-65(61)73-66-32-16-12-28-62(66)71/h1-44H. The fraction of sp³-hybridized carbons (Fsp3) is 0. The molecule has 0 spiro atoms. The molecule has 0 amide bonds. The number of para-hydroxylation sites is 4. The van der Waals surface area contributed by atoms with Crippen molar-refractivity contribution in [1.82, 2.24) is 0 Å². The molecule has 2 aliphatic rings. The largest absolute Gasteiger partial charge is 0.308 e. The number of hydrogen-bond acceptors (Lipinski definition) is 4. The molecule has 2 nitrogen and oxygen atoms in total. The molecule has 13 aromatic rings. The molecule has 0 aliphatic carbocycles. The molecule has 0 bridgehead atoms. The highest BCUT2D eigenvalue weighted by Gasteiger charge is 2.29. The number of benzene rings is 13. The summed E-state index contributed by atoms with van der Waals surface area (Å²) >= 11 is 3.69. The summed E-state index contributed by atoms with van der Waals surface area (Å²) < 4.78 is 0. The van der Waals surface area contributed by atoms with E-state index in [1.54, 1.807) is 0 Å². The summed E-state index contributed by atoms with van der Waals surface area (Å²) in [7, 11) is 0. The Morgan fingerprint density at radius 3 is 0.878 bits per heavy atom. The van der Waals surface area contributed by atoms with Crippen molar-refractivity contribution >= 4 is 101 Å². The zero-order valence-corrected chi connectivity index (χ0v) is 41.7. The highest BCUT2D eigenvalue weighted by atomic mass is 32.2. The number of rotatable bonds is 6. The lowest BCUT2D eigenvalue weighted by atomic mass is 9.81. The highest BCUT2D eigenvalue weighted by molar-refractivity contribution is 8.00. The maximum atomic E-state index is 2.49. The van der Waals surface area contributed by atoms with Crippen LogP contribution in [0.5, 0.6) is 0 Å². The Balaban J connectivity index is 1.13. The van der Waals surface area contributed by atoms with Gasteiger partial charge in [-0.1, -0.05) is 193 Å². The molecule has 346 valence electrons. The zero-order chi connectivity index (χ0) is 48.7. The van der Waals surface area contributed by atoms with Crippen molar-refractivity contribution in [2.75, 3.05) is 9.80 Å². The van der Waals surface area contributed by atoms with Gasteiger partial charge in [-0.3, -0.25) is 0 Å². The summed E-state index contributed by atoms with van der Waals surface area (Å²) in [6, 6.07) is 99.3. The van der Waals surface area contributed by atoms with E-state index >= 15 is 0 Å². The van der Waals surface area contributed by atoms with Crippen molar-refractivity contribution in [2.24, 2.45) is 0 Å². The van der Waals surface area contributed by atoms with E-state index in [4.69, 9.17) is 0 Å². The zero-order valence-electron chi connectivity index (χ0n) is 40.1. The molecule has 15 rings (SSSR count). The molecular weight excluding hydrogens is 933 g/mol. The van der Waals surface area contributed by atoms with E-state index < -0.39 is 0 Å². The third-order valence-corrected chi connectivity index (χ3v) is 17.2. The summed E-state index contributed by atoms with van der Waals surface area (Å²) in [5.74, 6) is 0. The van der Waals surface area contributed by atoms with E-state index in [1.165, 1.54) is 130 Å². The van der Waals surface area contributed by atoms with E-state index in [2.05, 4.69) is 277 Å². The molecule has 0 aromatic heterocycles. The van der Waals surface area contributed by atoms with Crippen LogP contribution in [-0.4, -0.2) is 0 Å². The lowest BCUT2D eigenvalue weighted by Gasteiger charge is -2.34. The van der Waals surface area contributed by atoms with Gasteiger partial charge in [-0.05, 0) is 185 Å². The average molecular weight is 977 g/mol. The minimum Gasteiger partial charge on any atom is -0.308 e. The van der Waals surface area contributed by atoms with Gasteiger partial charge in [0.1, 0.15) is 0 Å². The first kappa shape index (κ1) is 42.8. The van der Waals surface area contributed by atoms with Crippen molar-refractivity contribution < 1.29 is 0 Å². The third-order valence-electron chi connectivity index (χ3n) is 14.9. The van der Waals surface area contributed by atoms with Crippen LogP contribution in [0.1, 0.15) is 0 Å². The molecule has 0 atom stereocenters. The molecule has 74 heavy (non-hydrogen) atoms. The van der Waals surface area contributed by atoms with Gasteiger partial charge in [0.05, 0.1) is 22.7 Å². The molecule has 0 saturated heterocycles. The van der Waals surface area contributed by atoms with Crippen LogP contribution >= 0.6 is 23.5 Å². The molecular formula is C70H44N2S2. The lowest BCUT2D eigenvalue weighted by molar-refractivity contribution is 1.17. The molecule has 2 heterocycles. The topological polar surface area (TPSA) is 6.48 Å². The van der Waals surface area contributed by atoms with E-state index in [0.717, 1.165) is 11.4 Å². The molecule has 0 fully saturated rings. The highest BCUT2D eigenvalue weighted by Crippen LogP contribution is 2.56. The summed E-state index contributed by atoms with van der Waals surface area (Å²) in [6.45, 7) is 0. The Morgan fingerprint density at radius 2 is 0.527 bits per heavy atom. The number of hydrogen-bond donors (Lipinski definition) is 0. The van der Waals surface area contributed by atoms with Crippen LogP contribution in [0.15, 0.2) is 287 Å². The first-order chi connectivity index (χ1) is 36.7. The van der Waals surface area contributed by atoms with Gasteiger partial charge >= 0.3 is 0 Å². The van der Waals surface area contributed by atoms with Gasteiger partial charge in [0.15, 0.2) is 0 Å². The van der Waals surface area contributed by atoms with Crippen LogP contribution in [0, 0.1) is 0 Å². The Bertz CT molecular complexity index is 4020. The normalized spacial score (nSPS) is 12.7. The Morgan fingerprint density at radius 1 is 0.230 bits per heavy atom. The SMILES string of the molecule is c1ccc(-c2cc3ccccc3cc2-c2c3ccc(N4c5ccccc5Sc5ccccc54)cc3c(-c3cc4ccccc4cc3-c3ccccc3)c3ccc(N4c5ccccc5Sc5ccccc54)cc23)cc1. The Labute approximate surface area is 438 Å². The van der Waals surface area contributed by atoms with Crippen molar-refractivity contribution in [2.45, 2.75) is 19.6 Å². The van der Waals surface area contributed by atoms with Crippen molar-refractivity contribution in [3.8, 4) is 44.5 Å². The fourth-order valence-corrected chi connectivity index (χ4v) is 13.8. The van der Waals surface area contributed by atoms with Gasteiger partial charge in [-0.25, -0.2) is 0 Å². The lowest BCUT2D eigenvalue weighted by Crippen LogP contribution is -2.15. The van der Waals surface area contributed by atoms with Crippen molar-refractivity contribution in [3.63, 3.8) is 0 Å². The van der Waals surface area contributed by atoms with Crippen LogP contribution < -0.4 is 9.80 Å². The summed E-state index contributed by atoms with van der Waals surface area (Å²) in [4.78, 5) is 9.91. The third kappa shape index (κ3) is 6.98. The number of anilines is 6. The van der Waals surface area contributed by atoms with Crippen molar-refractivity contribution in [1.29, 1.82) is 0 Å². The minimum atomic E-state index is 1.11. The van der Waals surface area contributed by atoms with E-state index in [1.807, 2.05) is 23.5 Å². The second kappa shape index (κ2) is 17.5. The van der Waals surface area contributed by atoms with Gasteiger partial charge < -0.3 is 9.80 Å². The maximum Gasteiger partial charge on any atom is 0.0601 e. The van der Waals surface area contributed by atoms with Gasteiger partial charge in [0.25, 0.3) is 0 Å². The number of nitrogens with zero attached hydrogens (tertiary/aromatic N) is 2. The molecule has 13 aromatic carbocycles. The molecule has 0 radical (unpaired) electrons. The Kier molecular flexibility index (Phi) is 10.1. The second-order valence-corrected chi connectivity index (χ2v) is 21.3. The predicted molar refractivity (Wildman–Crippen MR) is 316 cm³/mol. The van der Waals surface area contributed by atoms with Gasteiger partial charge in [0, 0.05) is 31.0 Å². The summed E-state index contributed by atoms with van der Waals surface area (Å²) in [5.41, 5.74) is 16.5. The summed E-state index contributed by atoms with van der Waals surface area (Å²) in [6.07, 6.45) is 0. The smallest absolute Gasteiger partial charge is 0.0601 e. The summed E-state index contributed by atoms with van der Waals surface area (Å²) in [5, 5.41) is 9.60. The van der Waals surface area contributed by atoms with Crippen LogP contribution in [0.4, 0.5) is 34.1 Å². The van der Waals surface area contributed by atoms with Crippen LogP contribution in [-0.2, 0) is 0 Å². The van der Waals surface area contributed by atoms with Gasteiger partial charge in [-0.2, -0.15) is 0 Å². The van der Waals surface area contributed by atoms with E-state index in [-0.39, 0.29) is 0 Å². The van der Waals surface area contributed by atoms with E-state index in [9.17, 15) is 0 Å². The molecule has 0 N–H and O–H groups in total.